The Hall–Kier alpha value is -2.16. The zero-order valence-electron chi connectivity index (χ0n) is 16.7. The van der Waals surface area contributed by atoms with Crippen LogP contribution in [-0.2, 0) is 18.4 Å². The number of carbonyl (C=O) groups is 1. The van der Waals surface area contributed by atoms with E-state index in [1.165, 1.54) is 0 Å². The number of piperidine rings is 1. The van der Waals surface area contributed by atoms with E-state index < -0.39 is 0 Å². The van der Waals surface area contributed by atoms with Crippen LogP contribution in [0, 0.1) is 12.8 Å². The highest BCUT2D eigenvalue weighted by atomic mass is 32.2. The van der Waals surface area contributed by atoms with Crippen molar-refractivity contribution >= 4 is 34.7 Å². The molecule has 1 saturated heterocycles. The number of benzene rings is 1. The van der Waals surface area contributed by atoms with Gasteiger partial charge in [-0.1, -0.05) is 11.8 Å². The van der Waals surface area contributed by atoms with E-state index >= 15 is 0 Å². The van der Waals surface area contributed by atoms with Gasteiger partial charge in [0.15, 0.2) is 5.16 Å². The second-order valence-electron chi connectivity index (χ2n) is 7.34. The van der Waals surface area contributed by atoms with Gasteiger partial charge in [-0.05, 0) is 57.1 Å². The molecule has 152 valence electrons. The molecule has 29 heavy (non-hydrogen) atoms. The van der Waals surface area contributed by atoms with Gasteiger partial charge in [-0.3, -0.25) is 9.69 Å². The molecule has 0 atom stereocenters. The zero-order chi connectivity index (χ0) is 20.2. The first-order chi connectivity index (χ1) is 14.1. The van der Waals surface area contributed by atoms with Gasteiger partial charge in [0.05, 0.1) is 10.7 Å². The number of hydrogen-bond donors (Lipinski definition) is 1. The lowest BCUT2D eigenvalue weighted by Crippen LogP contribution is -2.37. The molecule has 8 heteroatoms. The van der Waals surface area contributed by atoms with Crippen LogP contribution in [0.3, 0.4) is 0 Å². The zero-order valence-corrected chi connectivity index (χ0v) is 18.3. The fraction of sp³-hybridized carbons (Fsp3) is 0.381. The summed E-state index contributed by atoms with van der Waals surface area (Å²) in [4.78, 5) is 25.0. The summed E-state index contributed by atoms with van der Waals surface area (Å²) in [5.74, 6) is 0.198. The van der Waals surface area contributed by atoms with Crippen molar-refractivity contribution in [2.24, 2.45) is 13.0 Å². The molecule has 2 aromatic heterocycles. The molecule has 6 nitrogen and oxygen atoms in total. The van der Waals surface area contributed by atoms with Crippen molar-refractivity contribution in [3.63, 3.8) is 0 Å². The first kappa shape index (κ1) is 20.1. The summed E-state index contributed by atoms with van der Waals surface area (Å²) in [6.45, 7) is 4.80. The number of thiazole rings is 1. The predicted molar refractivity (Wildman–Crippen MR) is 117 cm³/mol. The van der Waals surface area contributed by atoms with Gasteiger partial charge in [0.25, 0.3) is 0 Å². The first-order valence-electron chi connectivity index (χ1n) is 9.76. The number of carbonyl (C=O) groups excluding carboxylic acids is 1. The van der Waals surface area contributed by atoms with E-state index in [4.69, 9.17) is 0 Å². The Bertz CT molecular complexity index is 958. The Kier molecular flexibility index (Phi) is 6.32. The summed E-state index contributed by atoms with van der Waals surface area (Å²) in [5.41, 5.74) is 1.98. The third kappa shape index (κ3) is 5.26. The minimum atomic E-state index is 0.0741. The molecule has 1 amide bonds. The molecule has 1 fully saturated rings. The number of hydrogen-bond acceptors (Lipinski definition) is 6. The second-order valence-corrected chi connectivity index (χ2v) is 9.45. The highest BCUT2D eigenvalue weighted by Gasteiger charge is 2.25. The maximum absolute atomic E-state index is 12.7. The molecule has 1 aromatic carbocycles. The lowest BCUT2D eigenvalue weighted by molar-refractivity contribution is -0.121. The van der Waals surface area contributed by atoms with Gasteiger partial charge in [-0.25, -0.2) is 9.97 Å². The smallest absolute Gasteiger partial charge is 0.227 e. The summed E-state index contributed by atoms with van der Waals surface area (Å²) in [6, 6.07) is 7.96. The third-order valence-electron chi connectivity index (χ3n) is 5.12. The normalized spacial score (nSPS) is 15.5. The highest BCUT2D eigenvalue weighted by Crippen LogP contribution is 2.27. The molecule has 4 rings (SSSR count). The lowest BCUT2D eigenvalue weighted by atomic mass is 9.95. The monoisotopic (exact) mass is 427 g/mol. The Balaban J connectivity index is 1.26. The molecule has 0 aliphatic carbocycles. The van der Waals surface area contributed by atoms with Crippen LogP contribution < -0.4 is 5.32 Å². The highest BCUT2D eigenvalue weighted by molar-refractivity contribution is 7.99. The SMILES string of the molecule is Cc1nc(CN2CCC(C(=O)Nc3ccc(Sc4nccn4C)cc3)CC2)cs1. The number of imidazole rings is 1. The summed E-state index contributed by atoms with van der Waals surface area (Å²) >= 11 is 3.30. The Labute approximate surface area is 179 Å². The van der Waals surface area contributed by atoms with Gasteiger partial charge in [-0.15, -0.1) is 11.3 Å². The number of anilines is 1. The Morgan fingerprint density at radius 3 is 2.66 bits per heavy atom. The minimum Gasteiger partial charge on any atom is -0.329 e. The van der Waals surface area contributed by atoms with Gasteiger partial charge in [0.1, 0.15) is 0 Å². The van der Waals surface area contributed by atoms with E-state index in [2.05, 4.69) is 25.6 Å². The Morgan fingerprint density at radius 2 is 2.03 bits per heavy atom. The van der Waals surface area contributed by atoms with Gasteiger partial charge in [-0.2, -0.15) is 0 Å². The fourth-order valence-electron chi connectivity index (χ4n) is 3.47. The summed E-state index contributed by atoms with van der Waals surface area (Å²) < 4.78 is 1.99. The Morgan fingerprint density at radius 1 is 1.28 bits per heavy atom. The molecular weight excluding hydrogens is 402 g/mol. The largest absolute Gasteiger partial charge is 0.329 e. The van der Waals surface area contributed by atoms with E-state index in [1.807, 2.05) is 49.0 Å². The molecule has 1 N–H and O–H groups in total. The molecule has 0 saturated carbocycles. The van der Waals surface area contributed by atoms with Gasteiger partial charge >= 0.3 is 0 Å². The second kappa shape index (κ2) is 9.11. The topological polar surface area (TPSA) is 63.1 Å². The first-order valence-corrected chi connectivity index (χ1v) is 11.5. The quantitative estimate of drug-likeness (QED) is 0.639. The van der Waals surface area contributed by atoms with Gasteiger partial charge < -0.3 is 9.88 Å². The number of aryl methyl sites for hydroxylation is 2. The summed E-state index contributed by atoms with van der Waals surface area (Å²) in [6.07, 6.45) is 5.50. The maximum atomic E-state index is 12.7. The lowest BCUT2D eigenvalue weighted by Gasteiger charge is -2.30. The number of likely N-dealkylation sites (tertiary alicyclic amines) is 1. The molecule has 3 aromatic rings. The van der Waals surface area contributed by atoms with Crippen LogP contribution in [0.5, 0.6) is 0 Å². The van der Waals surface area contributed by atoms with E-state index in [-0.39, 0.29) is 11.8 Å². The minimum absolute atomic E-state index is 0.0741. The fourth-order valence-corrected chi connectivity index (χ4v) is 4.87. The summed E-state index contributed by atoms with van der Waals surface area (Å²) in [5, 5.41) is 7.26. The summed E-state index contributed by atoms with van der Waals surface area (Å²) in [7, 11) is 1.98. The molecule has 0 spiro atoms. The standard InChI is InChI=1S/C21H25N5OS2/c1-15-23-18(14-28-15)13-26-10-7-16(8-11-26)20(27)24-17-3-5-19(6-4-17)29-21-22-9-12-25(21)2/h3-6,9,12,14,16H,7-8,10-11,13H2,1-2H3,(H,24,27). The van der Waals surface area contributed by atoms with Crippen molar-refractivity contribution in [1.82, 2.24) is 19.4 Å². The van der Waals surface area contributed by atoms with Crippen LogP contribution in [0.1, 0.15) is 23.5 Å². The van der Waals surface area contributed by atoms with Crippen molar-refractivity contribution in [3.05, 3.63) is 52.7 Å². The van der Waals surface area contributed by atoms with Crippen molar-refractivity contribution in [2.45, 2.75) is 36.4 Å². The van der Waals surface area contributed by atoms with Gasteiger partial charge in [0, 0.05) is 47.9 Å². The van der Waals surface area contributed by atoms with E-state index in [0.29, 0.717) is 0 Å². The molecule has 0 radical (unpaired) electrons. The van der Waals surface area contributed by atoms with E-state index in [9.17, 15) is 4.79 Å². The average Bonchev–Trinajstić information content (AvgIpc) is 3.32. The number of rotatable bonds is 6. The van der Waals surface area contributed by atoms with Crippen LogP contribution in [0.25, 0.3) is 0 Å². The number of nitrogens with one attached hydrogen (secondary N) is 1. The number of aromatic nitrogens is 3. The average molecular weight is 428 g/mol. The van der Waals surface area contributed by atoms with Crippen molar-refractivity contribution < 1.29 is 4.79 Å². The molecule has 3 heterocycles. The van der Waals surface area contributed by atoms with Crippen LogP contribution in [0.15, 0.2) is 52.1 Å². The van der Waals surface area contributed by atoms with Crippen LogP contribution in [0.4, 0.5) is 5.69 Å². The maximum Gasteiger partial charge on any atom is 0.227 e. The van der Waals surface area contributed by atoms with E-state index in [1.54, 1.807) is 29.3 Å². The predicted octanol–water partition coefficient (Wildman–Crippen LogP) is 4.19. The molecule has 0 unspecified atom stereocenters. The molecule has 1 aliphatic heterocycles. The van der Waals surface area contributed by atoms with E-state index in [0.717, 1.165) is 58.9 Å². The number of nitrogens with zero attached hydrogens (tertiary/aromatic N) is 4. The van der Waals surface area contributed by atoms with Crippen LogP contribution in [0.2, 0.25) is 0 Å². The van der Waals surface area contributed by atoms with Crippen LogP contribution in [-0.4, -0.2) is 38.4 Å². The van der Waals surface area contributed by atoms with Crippen molar-refractivity contribution in [2.75, 3.05) is 18.4 Å². The molecule has 1 aliphatic rings. The third-order valence-corrected chi connectivity index (χ3v) is 7.02. The molecular formula is C21H25N5OS2. The van der Waals surface area contributed by atoms with Crippen LogP contribution >= 0.6 is 23.1 Å². The van der Waals surface area contributed by atoms with Crippen molar-refractivity contribution in [3.8, 4) is 0 Å². The van der Waals surface area contributed by atoms with Gasteiger partial charge in [0.2, 0.25) is 5.91 Å². The molecule has 0 bridgehead atoms. The van der Waals surface area contributed by atoms with Crippen molar-refractivity contribution in [1.29, 1.82) is 0 Å². The number of amides is 1.